The Morgan fingerprint density at radius 1 is 1.50 bits per heavy atom. The van der Waals surface area contributed by atoms with E-state index in [1.54, 1.807) is 18.2 Å². The fraction of sp³-hybridized carbons (Fsp3) is 0. The first-order valence-electron chi connectivity index (χ1n) is 2.98. The zero-order valence-electron chi connectivity index (χ0n) is 6.07. The van der Waals surface area contributed by atoms with E-state index in [1.807, 2.05) is 0 Å². The lowest BCUT2D eigenvalue weighted by Gasteiger charge is -1.86. The highest BCUT2D eigenvalue weighted by Crippen LogP contribution is 2.02. The molecule has 1 aromatic rings. The van der Waals surface area contributed by atoms with Crippen LogP contribution in [0, 0.1) is 17.1 Å². The summed E-state index contributed by atoms with van der Waals surface area (Å²) in [6, 6.07) is 7.60. The van der Waals surface area contributed by atoms with Crippen LogP contribution in [0.4, 0.5) is 4.39 Å². The Kier molecular flexibility index (Phi) is 4.94. The number of halogens is 1. The highest BCUT2D eigenvalue weighted by Gasteiger charge is 1.94. The van der Waals surface area contributed by atoms with Crippen molar-refractivity contribution in [1.29, 1.82) is 5.26 Å². The van der Waals surface area contributed by atoms with Gasteiger partial charge in [-0.25, -0.2) is 4.39 Å². The number of hydrogen-bond donors (Lipinski definition) is 1. The lowest BCUT2D eigenvalue weighted by Crippen LogP contribution is -1.78. The molecular weight excluding hydrogens is 161 g/mol. The van der Waals surface area contributed by atoms with Gasteiger partial charge < -0.3 is 5.11 Å². The molecule has 0 bridgehead atoms. The van der Waals surface area contributed by atoms with Crippen LogP contribution in [0.15, 0.2) is 24.3 Å². The SMILES string of the molecule is N#Cc1ccccc1F.O=CO. The Bertz CT molecular complexity index is 293. The van der Waals surface area contributed by atoms with Gasteiger partial charge >= 0.3 is 0 Å². The Morgan fingerprint density at radius 2 is 2.00 bits per heavy atom. The Balaban J connectivity index is 0.000000354. The zero-order chi connectivity index (χ0) is 9.40. The summed E-state index contributed by atoms with van der Waals surface area (Å²) in [6.07, 6.45) is 0. The van der Waals surface area contributed by atoms with Gasteiger partial charge in [0.25, 0.3) is 6.47 Å². The third-order valence-electron chi connectivity index (χ3n) is 0.994. The van der Waals surface area contributed by atoms with Gasteiger partial charge in [0.2, 0.25) is 0 Å². The van der Waals surface area contributed by atoms with Gasteiger partial charge in [0, 0.05) is 0 Å². The Morgan fingerprint density at radius 3 is 2.33 bits per heavy atom. The molecule has 12 heavy (non-hydrogen) atoms. The standard InChI is InChI=1S/C7H4FN.CH2O2/c8-7-4-2-1-3-6(7)5-9;2-1-3/h1-4H;1H,(H,2,3). The molecule has 0 saturated carbocycles. The van der Waals surface area contributed by atoms with Crippen molar-refractivity contribution in [2.45, 2.75) is 0 Å². The van der Waals surface area contributed by atoms with E-state index in [1.165, 1.54) is 12.1 Å². The van der Waals surface area contributed by atoms with Crippen molar-refractivity contribution in [3.8, 4) is 6.07 Å². The number of benzene rings is 1. The van der Waals surface area contributed by atoms with Crippen molar-refractivity contribution in [3.05, 3.63) is 35.6 Å². The molecule has 0 aliphatic heterocycles. The first kappa shape index (κ1) is 10.1. The molecule has 0 heterocycles. The molecule has 0 aromatic heterocycles. The Hall–Kier alpha value is -1.89. The van der Waals surface area contributed by atoms with Crippen molar-refractivity contribution in [1.82, 2.24) is 0 Å². The van der Waals surface area contributed by atoms with E-state index in [-0.39, 0.29) is 12.0 Å². The molecule has 0 aliphatic carbocycles. The molecule has 0 radical (unpaired) electrons. The summed E-state index contributed by atoms with van der Waals surface area (Å²) in [7, 11) is 0. The number of nitriles is 1. The fourth-order valence-electron chi connectivity index (χ4n) is 0.552. The number of rotatable bonds is 0. The van der Waals surface area contributed by atoms with Gasteiger partial charge in [-0.2, -0.15) is 5.26 Å². The average molecular weight is 167 g/mol. The fourth-order valence-corrected chi connectivity index (χ4v) is 0.552. The minimum absolute atomic E-state index is 0.0949. The lowest BCUT2D eigenvalue weighted by molar-refractivity contribution is -0.122. The van der Waals surface area contributed by atoms with Gasteiger partial charge in [0.1, 0.15) is 11.9 Å². The molecule has 1 rings (SSSR count). The van der Waals surface area contributed by atoms with Crippen LogP contribution in [0.2, 0.25) is 0 Å². The van der Waals surface area contributed by atoms with Crippen molar-refractivity contribution in [3.63, 3.8) is 0 Å². The minimum Gasteiger partial charge on any atom is -0.483 e. The van der Waals surface area contributed by atoms with Crippen LogP contribution in [0.1, 0.15) is 5.56 Å². The van der Waals surface area contributed by atoms with Crippen molar-refractivity contribution in [2.75, 3.05) is 0 Å². The van der Waals surface area contributed by atoms with Gasteiger partial charge in [0.15, 0.2) is 0 Å². The monoisotopic (exact) mass is 167 g/mol. The van der Waals surface area contributed by atoms with Crippen LogP contribution in [0.5, 0.6) is 0 Å². The van der Waals surface area contributed by atoms with E-state index >= 15 is 0 Å². The van der Waals surface area contributed by atoms with Crippen LogP contribution in [-0.4, -0.2) is 11.6 Å². The second-order valence-electron chi connectivity index (χ2n) is 1.70. The molecule has 0 unspecified atom stereocenters. The minimum atomic E-state index is -0.458. The zero-order valence-corrected chi connectivity index (χ0v) is 6.07. The summed E-state index contributed by atoms with van der Waals surface area (Å²) >= 11 is 0. The third-order valence-corrected chi connectivity index (χ3v) is 0.994. The number of hydrogen-bond acceptors (Lipinski definition) is 2. The van der Waals surface area contributed by atoms with E-state index < -0.39 is 5.82 Å². The van der Waals surface area contributed by atoms with E-state index in [4.69, 9.17) is 15.2 Å². The maximum absolute atomic E-state index is 12.4. The lowest BCUT2D eigenvalue weighted by atomic mass is 10.2. The molecule has 0 amide bonds. The quantitative estimate of drug-likeness (QED) is 0.594. The highest BCUT2D eigenvalue weighted by molar-refractivity contribution is 5.32. The summed E-state index contributed by atoms with van der Waals surface area (Å²) in [5.74, 6) is -0.458. The molecule has 0 saturated heterocycles. The van der Waals surface area contributed by atoms with E-state index in [0.717, 1.165) is 0 Å². The summed E-state index contributed by atoms with van der Waals surface area (Å²) in [4.78, 5) is 8.36. The number of nitrogens with zero attached hydrogens (tertiary/aromatic N) is 1. The van der Waals surface area contributed by atoms with Gasteiger partial charge in [0.05, 0.1) is 5.56 Å². The third kappa shape index (κ3) is 3.32. The smallest absolute Gasteiger partial charge is 0.290 e. The predicted octanol–water partition coefficient (Wildman–Crippen LogP) is 1.40. The summed E-state index contributed by atoms with van der Waals surface area (Å²) in [5.41, 5.74) is 0.0949. The van der Waals surface area contributed by atoms with Crippen molar-refractivity contribution in [2.24, 2.45) is 0 Å². The van der Waals surface area contributed by atoms with E-state index in [9.17, 15) is 4.39 Å². The van der Waals surface area contributed by atoms with Gasteiger partial charge in [-0.05, 0) is 12.1 Å². The maximum Gasteiger partial charge on any atom is 0.290 e. The van der Waals surface area contributed by atoms with Crippen molar-refractivity contribution < 1.29 is 14.3 Å². The summed E-state index contributed by atoms with van der Waals surface area (Å²) in [5, 5.41) is 15.1. The second-order valence-corrected chi connectivity index (χ2v) is 1.70. The van der Waals surface area contributed by atoms with Gasteiger partial charge in [-0.1, -0.05) is 12.1 Å². The molecule has 0 fully saturated rings. The molecule has 0 atom stereocenters. The van der Waals surface area contributed by atoms with E-state index in [2.05, 4.69) is 0 Å². The first-order chi connectivity index (χ1) is 5.76. The summed E-state index contributed by atoms with van der Waals surface area (Å²) < 4.78 is 12.4. The average Bonchev–Trinajstić information content (AvgIpc) is 2.07. The molecule has 62 valence electrons. The second kappa shape index (κ2) is 5.86. The molecular formula is C8H6FNO2. The largest absolute Gasteiger partial charge is 0.483 e. The van der Waals surface area contributed by atoms with Crippen LogP contribution in [0.25, 0.3) is 0 Å². The molecule has 3 nitrogen and oxygen atoms in total. The molecule has 1 aromatic carbocycles. The summed E-state index contributed by atoms with van der Waals surface area (Å²) in [6.45, 7) is -0.250. The molecule has 4 heteroatoms. The number of carboxylic acid groups (broad SMARTS) is 1. The predicted molar refractivity (Wildman–Crippen MR) is 39.8 cm³/mol. The van der Waals surface area contributed by atoms with Gasteiger partial charge in [-0.15, -0.1) is 0 Å². The maximum atomic E-state index is 12.4. The van der Waals surface area contributed by atoms with Crippen LogP contribution >= 0.6 is 0 Å². The highest BCUT2D eigenvalue weighted by atomic mass is 19.1. The first-order valence-corrected chi connectivity index (χ1v) is 2.98. The molecule has 1 N–H and O–H groups in total. The van der Waals surface area contributed by atoms with Crippen LogP contribution in [0.3, 0.4) is 0 Å². The van der Waals surface area contributed by atoms with Crippen LogP contribution in [-0.2, 0) is 4.79 Å². The van der Waals surface area contributed by atoms with Gasteiger partial charge in [-0.3, -0.25) is 4.79 Å². The molecule has 0 spiro atoms. The topological polar surface area (TPSA) is 61.1 Å². The van der Waals surface area contributed by atoms with Crippen LogP contribution < -0.4 is 0 Å². The Labute approximate surface area is 68.7 Å². The van der Waals surface area contributed by atoms with E-state index in [0.29, 0.717) is 0 Å². The van der Waals surface area contributed by atoms with Crippen molar-refractivity contribution >= 4 is 6.47 Å². The number of carbonyl (C=O) groups is 1. The normalized spacial score (nSPS) is 7.33. The molecule has 0 aliphatic rings.